The Morgan fingerprint density at radius 3 is 2.10 bits per heavy atom. The number of aliphatic carboxylic acids is 1. The number of rotatable bonds is 10. The molecule has 1 amide bonds. The molecule has 1 unspecified atom stereocenters. The normalized spacial score (nSPS) is 12.3. The standard InChI is InChI=1S/C30H28N4O5S/c31-30(32-20-21-9-3-1-4-10-21)34-24-14-7-13-23(17-24)29(37)33-25-15-8-16-26(18-25)40(38,39)27(19-28(35)36)22-11-5-2-6-12-22/h1-18,27H,19-20H2,(H,33,37)(H,35,36)(H3,31,32,34). The van der Waals surface area contributed by atoms with Crippen LogP contribution in [0.4, 0.5) is 11.4 Å². The summed E-state index contributed by atoms with van der Waals surface area (Å²) in [6.45, 7) is 0.399. The first-order valence-corrected chi connectivity index (χ1v) is 13.9. The Morgan fingerprint density at radius 1 is 0.800 bits per heavy atom. The minimum Gasteiger partial charge on any atom is -0.481 e. The number of aliphatic imine (C=N–C) groups is 1. The van der Waals surface area contributed by atoms with E-state index in [2.05, 4.69) is 15.6 Å². The maximum atomic E-state index is 13.5. The summed E-state index contributed by atoms with van der Waals surface area (Å²) in [5.41, 5.74) is 8.48. The molecule has 4 aromatic rings. The largest absolute Gasteiger partial charge is 0.481 e. The molecule has 0 heterocycles. The summed E-state index contributed by atoms with van der Waals surface area (Å²) in [5.74, 6) is -1.52. The highest BCUT2D eigenvalue weighted by Gasteiger charge is 2.31. The summed E-state index contributed by atoms with van der Waals surface area (Å²) in [6.07, 6.45) is -0.597. The van der Waals surface area contributed by atoms with Crippen LogP contribution in [0.1, 0.15) is 33.2 Å². The maximum Gasteiger partial charge on any atom is 0.305 e. The van der Waals surface area contributed by atoms with Crippen LogP contribution in [0.3, 0.4) is 0 Å². The van der Waals surface area contributed by atoms with Gasteiger partial charge in [0.25, 0.3) is 5.91 Å². The molecular weight excluding hydrogens is 528 g/mol. The molecule has 0 fully saturated rings. The van der Waals surface area contributed by atoms with Crippen LogP contribution < -0.4 is 16.4 Å². The zero-order valence-corrected chi connectivity index (χ0v) is 22.2. The van der Waals surface area contributed by atoms with Gasteiger partial charge in [0.15, 0.2) is 15.8 Å². The van der Waals surface area contributed by atoms with Crippen LogP contribution in [0, 0.1) is 0 Å². The van der Waals surface area contributed by atoms with E-state index in [1.165, 1.54) is 18.2 Å². The number of amides is 1. The van der Waals surface area contributed by atoms with Gasteiger partial charge in [0, 0.05) is 16.9 Å². The fraction of sp³-hybridized carbons (Fsp3) is 0.100. The van der Waals surface area contributed by atoms with Gasteiger partial charge in [0.1, 0.15) is 5.25 Å². The van der Waals surface area contributed by atoms with Crippen molar-refractivity contribution in [1.82, 2.24) is 0 Å². The molecule has 204 valence electrons. The minimum atomic E-state index is -4.09. The summed E-state index contributed by atoms with van der Waals surface area (Å²) in [4.78, 5) is 28.7. The summed E-state index contributed by atoms with van der Waals surface area (Å²) in [5, 5.41) is 13.8. The number of nitrogens with one attached hydrogen (secondary N) is 2. The predicted molar refractivity (Wildman–Crippen MR) is 155 cm³/mol. The van der Waals surface area contributed by atoms with Crippen molar-refractivity contribution in [3.8, 4) is 0 Å². The van der Waals surface area contributed by atoms with Gasteiger partial charge in [-0.25, -0.2) is 13.4 Å². The molecule has 0 radical (unpaired) electrons. The third kappa shape index (κ3) is 7.33. The van der Waals surface area contributed by atoms with Gasteiger partial charge >= 0.3 is 5.97 Å². The second-order valence-electron chi connectivity index (χ2n) is 8.92. The van der Waals surface area contributed by atoms with Crippen LogP contribution in [0.5, 0.6) is 0 Å². The summed E-state index contributed by atoms with van der Waals surface area (Å²) < 4.78 is 26.9. The summed E-state index contributed by atoms with van der Waals surface area (Å²) in [7, 11) is -4.09. The van der Waals surface area contributed by atoms with E-state index < -0.39 is 33.4 Å². The number of guanidine groups is 1. The zero-order chi connectivity index (χ0) is 28.5. The molecule has 0 aliphatic rings. The number of carbonyl (C=O) groups is 2. The number of hydrogen-bond acceptors (Lipinski definition) is 5. The van der Waals surface area contributed by atoms with Crippen LogP contribution in [-0.2, 0) is 21.2 Å². The van der Waals surface area contributed by atoms with Gasteiger partial charge in [0.05, 0.1) is 17.9 Å². The molecular formula is C30H28N4O5S. The van der Waals surface area contributed by atoms with E-state index >= 15 is 0 Å². The molecule has 0 bridgehead atoms. The van der Waals surface area contributed by atoms with Gasteiger partial charge in [0.2, 0.25) is 0 Å². The number of anilines is 2. The lowest BCUT2D eigenvalue weighted by atomic mass is 10.1. The number of benzene rings is 4. The minimum absolute atomic E-state index is 0.0989. The smallest absolute Gasteiger partial charge is 0.305 e. The van der Waals surface area contributed by atoms with Gasteiger partial charge in [-0.1, -0.05) is 72.8 Å². The van der Waals surface area contributed by atoms with Crippen LogP contribution in [0.15, 0.2) is 119 Å². The van der Waals surface area contributed by atoms with Gasteiger partial charge in [-0.05, 0) is 47.5 Å². The molecule has 4 rings (SSSR count). The van der Waals surface area contributed by atoms with Crippen molar-refractivity contribution < 1.29 is 23.1 Å². The number of carboxylic acid groups (broad SMARTS) is 1. The Labute approximate surface area is 232 Å². The maximum absolute atomic E-state index is 13.5. The van der Waals surface area contributed by atoms with E-state index in [-0.39, 0.29) is 16.5 Å². The second kappa shape index (κ2) is 12.7. The molecule has 9 nitrogen and oxygen atoms in total. The number of carboxylic acids is 1. The molecule has 4 aromatic carbocycles. The number of carbonyl (C=O) groups excluding carboxylic acids is 1. The zero-order valence-electron chi connectivity index (χ0n) is 21.4. The van der Waals surface area contributed by atoms with E-state index in [0.717, 1.165) is 5.56 Å². The third-order valence-electron chi connectivity index (χ3n) is 6.00. The molecule has 0 spiro atoms. The number of nitrogens with zero attached hydrogens (tertiary/aromatic N) is 1. The van der Waals surface area contributed by atoms with Crippen LogP contribution in [0.2, 0.25) is 0 Å². The summed E-state index contributed by atoms with van der Waals surface area (Å²) >= 11 is 0. The first-order chi connectivity index (χ1) is 19.2. The van der Waals surface area contributed by atoms with Gasteiger partial charge in [-0.15, -0.1) is 0 Å². The van der Waals surface area contributed by atoms with Crippen LogP contribution in [-0.4, -0.2) is 31.4 Å². The Hall–Kier alpha value is -4.96. The van der Waals surface area contributed by atoms with Crippen molar-refractivity contribution in [2.45, 2.75) is 23.1 Å². The lowest BCUT2D eigenvalue weighted by Crippen LogP contribution is -2.23. The fourth-order valence-electron chi connectivity index (χ4n) is 4.04. The molecule has 0 aliphatic carbocycles. The molecule has 1 atom stereocenters. The van der Waals surface area contributed by atoms with Gasteiger partial charge < -0.3 is 21.5 Å². The predicted octanol–water partition coefficient (Wildman–Crippen LogP) is 4.86. The van der Waals surface area contributed by atoms with Crippen molar-refractivity contribution in [3.63, 3.8) is 0 Å². The van der Waals surface area contributed by atoms with Crippen molar-refractivity contribution in [2.24, 2.45) is 10.7 Å². The average Bonchev–Trinajstić information content (AvgIpc) is 2.96. The highest BCUT2D eigenvalue weighted by Crippen LogP contribution is 2.33. The van der Waals surface area contributed by atoms with Crippen LogP contribution >= 0.6 is 0 Å². The van der Waals surface area contributed by atoms with E-state index in [1.807, 2.05) is 30.3 Å². The highest BCUT2D eigenvalue weighted by atomic mass is 32.2. The molecule has 0 saturated heterocycles. The van der Waals surface area contributed by atoms with Gasteiger partial charge in [-0.3, -0.25) is 9.59 Å². The lowest BCUT2D eigenvalue weighted by Gasteiger charge is -2.17. The quantitative estimate of drug-likeness (QED) is 0.161. The molecule has 0 saturated carbocycles. The van der Waals surface area contributed by atoms with E-state index in [4.69, 9.17) is 5.73 Å². The molecule has 10 heteroatoms. The summed E-state index contributed by atoms with van der Waals surface area (Å²) in [6, 6.07) is 30.2. The Kier molecular flexibility index (Phi) is 8.93. The second-order valence-corrected chi connectivity index (χ2v) is 11.0. The molecule has 40 heavy (non-hydrogen) atoms. The first-order valence-electron chi connectivity index (χ1n) is 12.4. The van der Waals surface area contributed by atoms with Crippen molar-refractivity contribution in [3.05, 3.63) is 126 Å². The van der Waals surface area contributed by atoms with Crippen LogP contribution in [0.25, 0.3) is 0 Å². The molecule has 0 aliphatic heterocycles. The SMILES string of the molecule is NC(=NCc1ccccc1)Nc1cccc(C(=O)Nc2cccc(S(=O)(=O)C(CC(=O)O)c3ccccc3)c2)c1. The topological polar surface area (TPSA) is 151 Å². The number of nitrogens with two attached hydrogens (primary N) is 1. The lowest BCUT2D eigenvalue weighted by molar-refractivity contribution is -0.137. The Balaban J connectivity index is 1.49. The van der Waals surface area contributed by atoms with E-state index in [0.29, 0.717) is 23.4 Å². The number of sulfone groups is 1. The highest BCUT2D eigenvalue weighted by molar-refractivity contribution is 7.91. The first kappa shape index (κ1) is 28.1. The average molecular weight is 557 g/mol. The third-order valence-corrected chi connectivity index (χ3v) is 8.10. The van der Waals surface area contributed by atoms with Crippen molar-refractivity contribution in [1.29, 1.82) is 0 Å². The Morgan fingerprint density at radius 2 is 1.43 bits per heavy atom. The van der Waals surface area contributed by atoms with E-state index in [9.17, 15) is 23.1 Å². The number of hydrogen-bond donors (Lipinski definition) is 4. The van der Waals surface area contributed by atoms with Crippen molar-refractivity contribution in [2.75, 3.05) is 10.6 Å². The molecule has 0 aromatic heterocycles. The Bertz CT molecular complexity index is 1620. The van der Waals surface area contributed by atoms with E-state index in [1.54, 1.807) is 60.7 Å². The van der Waals surface area contributed by atoms with Gasteiger partial charge in [-0.2, -0.15) is 0 Å². The monoisotopic (exact) mass is 556 g/mol. The van der Waals surface area contributed by atoms with Crippen molar-refractivity contribution >= 4 is 39.0 Å². The fourth-order valence-corrected chi connectivity index (χ4v) is 5.80. The molecule has 5 N–H and O–H groups in total.